The molecule has 0 aliphatic heterocycles. The summed E-state index contributed by atoms with van der Waals surface area (Å²) in [6, 6.07) is 1.71. The quantitative estimate of drug-likeness (QED) is 0.542. The molecule has 24 heavy (non-hydrogen) atoms. The van der Waals surface area contributed by atoms with Crippen molar-refractivity contribution in [2.75, 3.05) is 0 Å². The van der Waals surface area contributed by atoms with E-state index in [1.165, 1.54) is 19.3 Å². The van der Waals surface area contributed by atoms with Crippen LogP contribution in [0.4, 0.5) is 0 Å². The molecular formula is C21H30O3. The van der Waals surface area contributed by atoms with Crippen molar-refractivity contribution in [3.63, 3.8) is 0 Å². The fraction of sp³-hybridized carbons (Fsp3) is 0.714. The van der Waals surface area contributed by atoms with Crippen molar-refractivity contribution in [2.24, 2.45) is 17.8 Å². The monoisotopic (exact) mass is 330 g/mol. The molecule has 0 amide bonds. The van der Waals surface area contributed by atoms with Crippen molar-refractivity contribution in [3.8, 4) is 17.2 Å². The van der Waals surface area contributed by atoms with Crippen LogP contribution in [0.15, 0.2) is 6.07 Å². The molecule has 0 saturated heterocycles. The zero-order valence-electron chi connectivity index (χ0n) is 15.1. The van der Waals surface area contributed by atoms with Crippen LogP contribution < -0.4 is 0 Å². The standard InChI is InChI=1S/C21H30O3/c1-4-20(2,3)15-8-16(22)17(19(24)18(15)23)21-9-12-5-13(10-21)7-14(6-12)11-21/h8,12-14,22-24H,4-7,9-11H2,1-3H3. The van der Waals surface area contributed by atoms with Crippen molar-refractivity contribution in [2.45, 2.75) is 76.5 Å². The van der Waals surface area contributed by atoms with Crippen LogP contribution in [0, 0.1) is 17.8 Å². The van der Waals surface area contributed by atoms with Crippen molar-refractivity contribution in [1.29, 1.82) is 0 Å². The molecule has 3 nitrogen and oxygen atoms in total. The Bertz CT molecular complexity index is 639. The van der Waals surface area contributed by atoms with Crippen LogP contribution in [0.1, 0.15) is 76.8 Å². The van der Waals surface area contributed by atoms with Gasteiger partial charge < -0.3 is 15.3 Å². The van der Waals surface area contributed by atoms with Gasteiger partial charge in [-0.3, -0.25) is 0 Å². The lowest BCUT2D eigenvalue weighted by atomic mass is 9.47. The maximum absolute atomic E-state index is 10.9. The second-order valence-corrected chi connectivity index (χ2v) is 9.45. The third kappa shape index (κ3) is 2.16. The highest BCUT2D eigenvalue weighted by atomic mass is 16.3. The molecule has 5 rings (SSSR count). The van der Waals surface area contributed by atoms with Gasteiger partial charge in [0, 0.05) is 16.5 Å². The van der Waals surface area contributed by atoms with Crippen LogP contribution in [0.25, 0.3) is 0 Å². The SMILES string of the molecule is CCC(C)(C)c1cc(O)c(C23CC4CC(CC(C4)C2)C3)c(O)c1O. The molecule has 4 fully saturated rings. The van der Waals surface area contributed by atoms with E-state index in [4.69, 9.17) is 0 Å². The molecule has 4 bridgehead atoms. The Hall–Kier alpha value is -1.38. The van der Waals surface area contributed by atoms with E-state index in [-0.39, 0.29) is 28.1 Å². The average molecular weight is 330 g/mol. The predicted octanol–water partition coefficient (Wildman–Crippen LogP) is 4.96. The van der Waals surface area contributed by atoms with E-state index in [1.54, 1.807) is 6.07 Å². The molecule has 0 spiro atoms. The van der Waals surface area contributed by atoms with Crippen LogP contribution >= 0.6 is 0 Å². The molecule has 4 saturated carbocycles. The highest BCUT2D eigenvalue weighted by Gasteiger charge is 2.53. The Kier molecular flexibility index (Phi) is 3.40. The topological polar surface area (TPSA) is 60.7 Å². The van der Waals surface area contributed by atoms with Crippen LogP contribution in [0.5, 0.6) is 17.2 Å². The first-order chi connectivity index (χ1) is 11.3. The first-order valence-corrected chi connectivity index (χ1v) is 9.54. The summed E-state index contributed by atoms with van der Waals surface area (Å²) in [7, 11) is 0. The van der Waals surface area contributed by atoms with Gasteiger partial charge >= 0.3 is 0 Å². The maximum Gasteiger partial charge on any atom is 0.165 e. The van der Waals surface area contributed by atoms with Gasteiger partial charge in [0.15, 0.2) is 11.5 Å². The maximum atomic E-state index is 10.9. The van der Waals surface area contributed by atoms with Crippen LogP contribution in [0.2, 0.25) is 0 Å². The molecule has 0 unspecified atom stereocenters. The fourth-order valence-corrected chi connectivity index (χ4v) is 6.29. The van der Waals surface area contributed by atoms with E-state index >= 15 is 0 Å². The van der Waals surface area contributed by atoms with Gasteiger partial charge in [-0.15, -0.1) is 0 Å². The summed E-state index contributed by atoms with van der Waals surface area (Å²) in [6.45, 7) is 6.12. The molecule has 1 aromatic rings. The number of phenolic OH excluding ortho intramolecular Hbond substituents is 3. The summed E-state index contributed by atoms with van der Waals surface area (Å²) >= 11 is 0. The third-order valence-corrected chi connectivity index (χ3v) is 7.44. The molecular weight excluding hydrogens is 300 g/mol. The van der Waals surface area contributed by atoms with E-state index < -0.39 is 0 Å². The van der Waals surface area contributed by atoms with E-state index in [9.17, 15) is 15.3 Å². The van der Waals surface area contributed by atoms with Gasteiger partial charge in [0.25, 0.3) is 0 Å². The Balaban J connectivity index is 1.84. The molecule has 0 radical (unpaired) electrons. The number of hydrogen-bond donors (Lipinski definition) is 3. The molecule has 1 aromatic carbocycles. The summed E-state index contributed by atoms with van der Waals surface area (Å²) < 4.78 is 0. The number of rotatable bonds is 3. The number of hydrogen-bond acceptors (Lipinski definition) is 3. The Morgan fingerprint density at radius 3 is 1.92 bits per heavy atom. The summed E-state index contributed by atoms with van der Waals surface area (Å²) in [5.74, 6) is 2.28. The van der Waals surface area contributed by atoms with E-state index in [0.717, 1.165) is 43.4 Å². The lowest BCUT2D eigenvalue weighted by Crippen LogP contribution is -2.48. The molecule has 3 N–H and O–H groups in total. The van der Waals surface area contributed by atoms with Crippen molar-refractivity contribution >= 4 is 0 Å². The Morgan fingerprint density at radius 2 is 1.46 bits per heavy atom. The molecule has 0 atom stereocenters. The molecule has 3 heteroatoms. The largest absolute Gasteiger partial charge is 0.507 e. The van der Waals surface area contributed by atoms with Gasteiger partial charge in [-0.2, -0.15) is 0 Å². The summed E-state index contributed by atoms with van der Waals surface area (Å²) in [6.07, 6.45) is 7.92. The van der Waals surface area contributed by atoms with Crippen molar-refractivity contribution in [3.05, 3.63) is 17.2 Å². The third-order valence-electron chi connectivity index (χ3n) is 7.44. The molecule has 0 aromatic heterocycles. The van der Waals surface area contributed by atoms with E-state index in [1.807, 2.05) is 13.8 Å². The van der Waals surface area contributed by atoms with E-state index in [0.29, 0.717) is 11.1 Å². The Labute approximate surface area is 144 Å². The highest BCUT2D eigenvalue weighted by molar-refractivity contribution is 5.61. The minimum absolute atomic E-state index is 0.0228. The molecule has 4 aliphatic rings. The average Bonchev–Trinajstić information content (AvgIpc) is 2.49. The van der Waals surface area contributed by atoms with Crippen LogP contribution in [-0.4, -0.2) is 15.3 Å². The summed E-state index contributed by atoms with van der Waals surface area (Å²) in [5.41, 5.74) is 0.872. The van der Waals surface area contributed by atoms with Crippen molar-refractivity contribution < 1.29 is 15.3 Å². The lowest BCUT2D eigenvalue weighted by Gasteiger charge is -2.57. The second kappa shape index (κ2) is 5.06. The van der Waals surface area contributed by atoms with Crippen LogP contribution in [-0.2, 0) is 10.8 Å². The predicted molar refractivity (Wildman–Crippen MR) is 94.6 cm³/mol. The number of benzene rings is 1. The zero-order chi connectivity index (χ0) is 17.3. The van der Waals surface area contributed by atoms with Crippen molar-refractivity contribution in [1.82, 2.24) is 0 Å². The Morgan fingerprint density at radius 1 is 0.958 bits per heavy atom. The van der Waals surface area contributed by atoms with Crippen LogP contribution in [0.3, 0.4) is 0 Å². The molecule has 0 heterocycles. The lowest BCUT2D eigenvalue weighted by molar-refractivity contribution is -0.00729. The molecule has 132 valence electrons. The molecule has 4 aliphatic carbocycles. The first-order valence-electron chi connectivity index (χ1n) is 9.54. The zero-order valence-corrected chi connectivity index (χ0v) is 15.1. The first kappa shape index (κ1) is 16.1. The van der Waals surface area contributed by atoms with Gasteiger partial charge in [0.2, 0.25) is 0 Å². The van der Waals surface area contributed by atoms with E-state index in [2.05, 4.69) is 6.92 Å². The van der Waals surface area contributed by atoms with Gasteiger partial charge in [-0.05, 0) is 74.2 Å². The normalized spacial score (nSPS) is 34.7. The number of aromatic hydroxyl groups is 3. The second-order valence-electron chi connectivity index (χ2n) is 9.45. The smallest absolute Gasteiger partial charge is 0.165 e. The minimum Gasteiger partial charge on any atom is -0.507 e. The summed E-state index contributed by atoms with van der Waals surface area (Å²) in [5, 5.41) is 32.4. The number of phenols is 3. The fourth-order valence-electron chi connectivity index (χ4n) is 6.29. The van der Waals surface area contributed by atoms with Gasteiger partial charge in [0.1, 0.15) is 5.75 Å². The van der Waals surface area contributed by atoms with Gasteiger partial charge in [0.05, 0.1) is 0 Å². The summed E-state index contributed by atoms with van der Waals surface area (Å²) in [4.78, 5) is 0. The highest BCUT2D eigenvalue weighted by Crippen LogP contribution is 2.64. The van der Waals surface area contributed by atoms with Gasteiger partial charge in [-0.1, -0.05) is 20.8 Å². The van der Waals surface area contributed by atoms with Gasteiger partial charge in [-0.25, -0.2) is 0 Å². The minimum atomic E-state index is -0.279.